The zero-order chi connectivity index (χ0) is 14.9. The largest absolute Gasteiger partial charge is 0.381 e. The van der Waals surface area contributed by atoms with Crippen molar-refractivity contribution in [3.63, 3.8) is 0 Å². The van der Waals surface area contributed by atoms with Gasteiger partial charge in [-0.2, -0.15) is 0 Å². The molecule has 1 N–H and O–H groups in total. The van der Waals surface area contributed by atoms with E-state index in [1.165, 1.54) is 51.4 Å². The normalized spacial score (nSPS) is 21.3. The molecule has 1 heterocycles. The molecule has 1 saturated carbocycles. The molecule has 4 nitrogen and oxygen atoms in total. The summed E-state index contributed by atoms with van der Waals surface area (Å²) in [5.74, 6) is 2.74. The lowest BCUT2D eigenvalue weighted by atomic mass is 9.89. The lowest BCUT2D eigenvalue weighted by Gasteiger charge is -2.28. The van der Waals surface area contributed by atoms with Crippen LogP contribution in [0.15, 0.2) is 4.99 Å². The molecule has 0 aromatic heterocycles. The van der Waals surface area contributed by atoms with Gasteiger partial charge in [0.05, 0.1) is 0 Å². The number of ether oxygens (including phenoxy) is 1. The van der Waals surface area contributed by atoms with Crippen LogP contribution < -0.4 is 5.32 Å². The summed E-state index contributed by atoms with van der Waals surface area (Å²) in [7, 11) is 4.06. The highest BCUT2D eigenvalue weighted by Gasteiger charge is 2.17. The molecular formula is C17H34IN3O. The van der Waals surface area contributed by atoms with Crippen molar-refractivity contribution in [2.24, 2.45) is 16.8 Å². The van der Waals surface area contributed by atoms with Gasteiger partial charge in [-0.25, -0.2) is 0 Å². The quantitative estimate of drug-likeness (QED) is 0.418. The molecule has 0 aromatic carbocycles. The predicted molar refractivity (Wildman–Crippen MR) is 104 cm³/mol. The van der Waals surface area contributed by atoms with Crippen LogP contribution in [0.5, 0.6) is 0 Å². The molecule has 0 bridgehead atoms. The summed E-state index contributed by atoms with van der Waals surface area (Å²) in [5, 5.41) is 3.58. The third-order valence-corrected chi connectivity index (χ3v) is 5.06. The Labute approximate surface area is 153 Å². The minimum Gasteiger partial charge on any atom is -0.381 e. The predicted octanol–water partition coefficient (Wildman–Crippen LogP) is 3.51. The van der Waals surface area contributed by atoms with Crippen molar-refractivity contribution in [2.75, 3.05) is 40.4 Å². The van der Waals surface area contributed by atoms with Gasteiger partial charge in [-0.1, -0.05) is 19.3 Å². The maximum Gasteiger partial charge on any atom is 0.193 e. The first kappa shape index (κ1) is 20.0. The summed E-state index contributed by atoms with van der Waals surface area (Å²) in [6, 6.07) is 0. The summed E-state index contributed by atoms with van der Waals surface area (Å²) in [5.41, 5.74) is 0. The van der Waals surface area contributed by atoms with Crippen molar-refractivity contribution in [3.05, 3.63) is 0 Å². The first-order valence-electron chi connectivity index (χ1n) is 8.79. The Bertz CT molecular complexity index is 313. The Morgan fingerprint density at radius 3 is 2.41 bits per heavy atom. The van der Waals surface area contributed by atoms with Crippen LogP contribution in [-0.2, 0) is 4.74 Å². The average Bonchev–Trinajstić information content (AvgIpc) is 2.55. The molecule has 22 heavy (non-hydrogen) atoms. The van der Waals surface area contributed by atoms with Crippen LogP contribution in [0.25, 0.3) is 0 Å². The Hall–Kier alpha value is -0.0400. The van der Waals surface area contributed by atoms with E-state index in [9.17, 15) is 0 Å². The molecule has 0 amide bonds. The average molecular weight is 423 g/mol. The number of guanidine groups is 1. The van der Waals surface area contributed by atoms with Crippen LogP contribution in [0.2, 0.25) is 0 Å². The molecule has 1 aliphatic heterocycles. The molecule has 2 aliphatic rings. The van der Waals surface area contributed by atoms with Gasteiger partial charge in [0.2, 0.25) is 0 Å². The van der Waals surface area contributed by atoms with Gasteiger partial charge in [0.25, 0.3) is 0 Å². The van der Waals surface area contributed by atoms with Gasteiger partial charge in [-0.15, -0.1) is 24.0 Å². The number of nitrogens with one attached hydrogen (secondary N) is 1. The third kappa shape index (κ3) is 7.02. The van der Waals surface area contributed by atoms with E-state index in [0.29, 0.717) is 0 Å². The first-order chi connectivity index (χ1) is 10.3. The summed E-state index contributed by atoms with van der Waals surface area (Å²) in [6.07, 6.45) is 10.7. The van der Waals surface area contributed by atoms with Crippen molar-refractivity contribution in [2.45, 2.75) is 51.4 Å². The second kappa shape index (κ2) is 11.5. The SMILES string of the molecule is CN=C(NCC1CCCCC1)N(C)CCC1CCOCC1.I. The molecule has 1 saturated heterocycles. The van der Waals surface area contributed by atoms with Gasteiger partial charge < -0.3 is 15.0 Å². The van der Waals surface area contributed by atoms with Crippen LogP contribution >= 0.6 is 24.0 Å². The van der Waals surface area contributed by atoms with Crippen molar-refractivity contribution in [1.82, 2.24) is 10.2 Å². The highest BCUT2D eigenvalue weighted by Crippen LogP contribution is 2.23. The summed E-state index contributed by atoms with van der Waals surface area (Å²) in [4.78, 5) is 6.73. The molecule has 5 heteroatoms. The minimum absolute atomic E-state index is 0. The number of nitrogens with zero attached hydrogens (tertiary/aromatic N) is 2. The zero-order valence-corrected chi connectivity index (χ0v) is 16.7. The van der Waals surface area contributed by atoms with Crippen LogP contribution in [0.1, 0.15) is 51.4 Å². The van der Waals surface area contributed by atoms with Crippen molar-refractivity contribution in [3.8, 4) is 0 Å². The lowest BCUT2D eigenvalue weighted by molar-refractivity contribution is 0.0625. The van der Waals surface area contributed by atoms with Gasteiger partial charge in [-0.05, 0) is 43.9 Å². The number of aliphatic imine (C=N–C) groups is 1. The second-order valence-electron chi connectivity index (χ2n) is 6.70. The Kier molecular flexibility index (Phi) is 10.4. The highest BCUT2D eigenvalue weighted by molar-refractivity contribution is 14.0. The van der Waals surface area contributed by atoms with Gasteiger partial charge in [-0.3, -0.25) is 4.99 Å². The number of hydrogen-bond acceptors (Lipinski definition) is 2. The fraction of sp³-hybridized carbons (Fsp3) is 0.941. The summed E-state index contributed by atoms with van der Waals surface area (Å²) < 4.78 is 5.43. The first-order valence-corrected chi connectivity index (χ1v) is 8.79. The van der Waals surface area contributed by atoms with Crippen molar-refractivity contribution < 1.29 is 4.74 Å². The van der Waals surface area contributed by atoms with Gasteiger partial charge >= 0.3 is 0 Å². The molecule has 2 rings (SSSR count). The Morgan fingerprint density at radius 1 is 1.09 bits per heavy atom. The molecule has 0 aromatic rings. The standard InChI is InChI=1S/C17H33N3O.HI/c1-18-17(19-14-16-6-4-3-5-7-16)20(2)11-8-15-9-12-21-13-10-15;/h15-16H,3-14H2,1-2H3,(H,18,19);1H. The van der Waals surface area contributed by atoms with Crippen molar-refractivity contribution >= 4 is 29.9 Å². The fourth-order valence-corrected chi connectivity index (χ4v) is 3.53. The second-order valence-corrected chi connectivity index (χ2v) is 6.70. The van der Waals surface area contributed by atoms with Crippen LogP contribution in [0.4, 0.5) is 0 Å². The number of rotatable bonds is 5. The summed E-state index contributed by atoms with van der Waals surface area (Å²) >= 11 is 0. The maximum absolute atomic E-state index is 5.43. The van der Waals surface area contributed by atoms with E-state index in [1.54, 1.807) is 0 Å². The number of hydrogen-bond donors (Lipinski definition) is 1. The molecule has 0 spiro atoms. The molecular weight excluding hydrogens is 389 g/mol. The van der Waals surface area contributed by atoms with Crippen LogP contribution in [0.3, 0.4) is 0 Å². The maximum atomic E-state index is 5.43. The molecule has 2 fully saturated rings. The van der Waals surface area contributed by atoms with E-state index in [2.05, 4.69) is 22.3 Å². The van der Waals surface area contributed by atoms with Gasteiger partial charge in [0.1, 0.15) is 0 Å². The van der Waals surface area contributed by atoms with E-state index < -0.39 is 0 Å². The minimum atomic E-state index is 0. The zero-order valence-electron chi connectivity index (χ0n) is 14.4. The van der Waals surface area contributed by atoms with E-state index in [0.717, 1.165) is 44.1 Å². The van der Waals surface area contributed by atoms with E-state index in [1.807, 2.05) is 7.05 Å². The van der Waals surface area contributed by atoms with E-state index >= 15 is 0 Å². The molecule has 0 unspecified atom stereocenters. The van der Waals surface area contributed by atoms with Gasteiger partial charge in [0, 0.05) is 40.4 Å². The monoisotopic (exact) mass is 423 g/mol. The van der Waals surface area contributed by atoms with E-state index in [4.69, 9.17) is 4.74 Å². The topological polar surface area (TPSA) is 36.9 Å². The Balaban J connectivity index is 0.00000242. The van der Waals surface area contributed by atoms with Crippen LogP contribution in [-0.4, -0.2) is 51.3 Å². The number of halogens is 1. The van der Waals surface area contributed by atoms with Crippen molar-refractivity contribution in [1.29, 1.82) is 0 Å². The molecule has 130 valence electrons. The van der Waals surface area contributed by atoms with Crippen LogP contribution in [0, 0.1) is 11.8 Å². The molecule has 0 atom stereocenters. The molecule has 0 radical (unpaired) electrons. The summed E-state index contributed by atoms with van der Waals surface area (Å²) in [6.45, 7) is 4.08. The fourth-order valence-electron chi connectivity index (χ4n) is 3.53. The third-order valence-electron chi connectivity index (χ3n) is 5.06. The molecule has 1 aliphatic carbocycles. The Morgan fingerprint density at radius 2 is 1.77 bits per heavy atom. The lowest BCUT2D eigenvalue weighted by Crippen LogP contribution is -2.42. The van der Waals surface area contributed by atoms with Gasteiger partial charge in [0.15, 0.2) is 5.96 Å². The smallest absolute Gasteiger partial charge is 0.193 e. The highest BCUT2D eigenvalue weighted by atomic mass is 127. The van der Waals surface area contributed by atoms with E-state index in [-0.39, 0.29) is 24.0 Å².